The standard InChI is InChI=1S/C26H26F2N6O2/c27-21-12-19-16(5-6-30-26(19)35)11-20(21)23-25(29)32-24(28)22(31-23)15-1-3-17(4-2-15)33-7-9-34(10-8-33)18-13-36-14-18/h1-4,11-12,18H,5-10,13-14H2,(H2,29,32)(H,30,35). The third-order valence-electron chi connectivity index (χ3n) is 7.21. The van der Waals surface area contributed by atoms with Gasteiger partial charge in [0.05, 0.1) is 19.3 Å². The molecule has 3 aliphatic rings. The van der Waals surface area contributed by atoms with Gasteiger partial charge in [-0.2, -0.15) is 9.37 Å². The van der Waals surface area contributed by atoms with Crippen LogP contribution >= 0.6 is 0 Å². The van der Waals surface area contributed by atoms with E-state index >= 15 is 4.39 Å². The van der Waals surface area contributed by atoms with Gasteiger partial charge in [-0.05, 0) is 36.2 Å². The lowest BCUT2D eigenvalue weighted by Gasteiger charge is -2.43. The van der Waals surface area contributed by atoms with Gasteiger partial charge in [-0.15, -0.1) is 0 Å². The lowest BCUT2D eigenvalue weighted by atomic mass is 9.96. The van der Waals surface area contributed by atoms with Crippen molar-refractivity contribution >= 4 is 17.4 Å². The van der Waals surface area contributed by atoms with E-state index in [0.717, 1.165) is 45.1 Å². The van der Waals surface area contributed by atoms with E-state index in [-0.39, 0.29) is 34.2 Å². The second kappa shape index (κ2) is 9.11. The number of aromatic nitrogens is 2. The number of ether oxygens (including phenoxy) is 1. The number of benzene rings is 2. The number of carbonyl (C=O) groups excluding carboxylic acids is 1. The predicted molar refractivity (Wildman–Crippen MR) is 132 cm³/mol. The number of fused-ring (bicyclic) bond motifs is 1. The molecule has 0 bridgehead atoms. The summed E-state index contributed by atoms with van der Waals surface area (Å²) in [5.41, 5.74) is 8.66. The van der Waals surface area contributed by atoms with Crippen LogP contribution in [0.1, 0.15) is 15.9 Å². The Balaban J connectivity index is 1.27. The van der Waals surface area contributed by atoms with E-state index in [9.17, 15) is 9.18 Å². The first-order chi connectivity index (χ1) is 17.5. The molecule has 0 aliphatic carbocycles. The van der Waals surface area contributed by atoms with Crippen molar-refractivity contribution in [2.24, 2.45) is 0 Å². The molecule has 1 amide bonds. The molecule has 36 heavy (non-hydrogen) atoms. The molecule has 4 heterocycles. The number of nitrogens with zero attached hydrogens (tertiary/aromatic N) is 4. The van der Waals surface area contributed by atoms with Crippen molar-refractivity contribution in [2.75, 3.05) is 56.6 Å². The average molecular weight is 493 g/mol. The Morgan fingerprint density at radius 2 is 1.72 bits per heavy atom. The fourth-order valence-electron chi connectivity index (χ4n) is 5.04. The predicted octanol–water partition coefficient (Wildman–Crippen LogP) is 2.48. The molecule has 0 saturated carbocycles. The summed E-state index contributed by atoms with van der Waals surface area (Å²) in [5.74, 6) is -2.01. The van der Waals surface area contributed by atoms with E-state index < -0.39 is 11.8 Å². The fraction of sp³-hybridized carbons (Fsp3) is 0.346. The molecule has 2 saturated heterocycles. The van der Waals surface area contributed by atoms with Crippen molar-refractivity contribution in [3.63, 3.8) is 0 Å². The minimum absolute atomic E-state index is 0.00424. The molecule has 2 aromatic carbocycles. The molecule has 0 spiro atoms. The Labute approximate surface area is 207 Å². The number of nitrogens with one attached hydrogen (secondary N) is 1. The number of nitrogens with two attached hydrogens (primary N) is 1. The summed E-state index contributed by atoms with van der Waals surface area (Å²) in [6.07, 6.45) is 0.555. The lowest BCUT2D eigenvalue weighted by Crippen LogP contribution is -2.56. The van der Waals surface area contributed by atoms with Gasteiger partial charge in [0.25, 0.3) is 5.91 Å². The molecule has 6 rings (SSSR count). The zero-order chi connectivity index (χ0) is 24.8. The minimum atomic E-state index is -0.821. The summed E-state index contributed by atoms with van der Waals surface area (Å²) < 4.78 is 35.1. The molecule has 3 aromatic rings. The van der Waals surface area contributed by atoms with Crippen LogP contribution in [0.2, 0.25) is 0 Å². The average Bonchev–Trinajstić information content (AvgIpc) is 2.84. The number of nitrogen functional groups attached to an aromatic ring is 1. The van der Waals surface area contributed by atoms with Crippen LogP contribution in [-0.2, 0) is 11.2 Å². The highest BCUT2D eigenvalue weighted by atomic mass is 19.1. The number of amides is 1. The molecule has 3 aliphatic heterocycles. The van der Waals surface area contributed by atoms with Gasteiger partial charge in [-0.25, -0.2) is 9.37 Å². The second-order valence-corrected chi connectivity index (χ2v) is 9.35. The number of rotatable bonds is 4. The zero-order valence-corrected chi connectivity index (χ0v) is 19.6. The quantitative estimate of drug-likeness (QED) is 0.578. The summed E-state index contributed by atoms with van der Waals surface area (Å²) in [6.45, 7) is 5.86. The Hall–Kier alpha value is -3.63. The first-order valence-electron chi connectivity index (χ1n) is 12.1. The summed E-state index contributed by atoms with van der Waals surface area (Å²) in [5, 5.41) is 2.70. The maximum Gasteiger partial charge on any atom is 0.251 e. The normalized spacial score (nSPS) is 18.5. The zero-order valence-electron chi connectivity index (χ0n) is 19.6. The lowest BCUT2D eigenvalue weighted by molar-refractivity contribution is -0.0660. The van der Waals surface area contributed by atoms with Crippen LogP contribution in [0.4, 0.5) is 20.3 Å². The Morgan fingerprint density at radius 1 is 0.972 bits per heavy atom. The highest BCUT2D eigenvalue weighted by molar-refractivity contribution is 5.97. The van der Waals surface area contributed by atoms with Gasteiger partial charge in [0.15, 0.2) is 5.82 Å². The number of hydrogen-bond donors (Lipinski definition) is 2. The highest BCUT2D eigenvalue weighted by Crippen LogP contribution is 2.33. The van der Waals surface area contributed by atoms with E-state index in [1.807, 2.05) is 12.1 Å². The van der Waals surface area contributed by atoms with Gasteiger partial charge in [-0.3, -0.25) is 9.69 Å². The number of halogens is 2. The molecule has 10 heteroatoms. The largest absolute Gasteiger partial charge is 0.382 e. The summed E-state index contributed by atoms with van der Waals surface area (Å²) in [7, 11) is 0. The molecule has 186 valence electrons. The van der Waals surface area contributed by atoms with Crippen LogP contribution in [0.3, 0.4) is 0 Å². The van der Waals surface area contributed by atoms with Crippen molar-refractivity contribution in [1.29, 1.82) is 0 Å². The smallest absolute Gasteiger partial charge is 0.251 e. The van der Waals surface area contributed by atoms with E-state index in [1.54, 1.807) is 18.2 Å². The van der Waals surface area contributed by atoms with E-state index in [1.165, 1.54) is 6.07 Å². The molecule has 0 atom stereocenters. The Bertz CT molecular complexity index is 1320. The van der Waals surface area contributed by atoms with Crippen molar-refractivity contribution in [3.05, 3.63) is 59.3 Å². The van der Waals surface area contributed by atoms with Crippen LogP contribution in [0.25, 0.3) is 22.5 Å². The molecule has 0 radical (unpaired) electrons. The SMILES string of the molecule is Nc1nc(F)c(-c2ccc(N3CCN(C4COC4)CC3)cc2)nc1-c1cc2c(cc1F)C(=O)NCC2. The molecule has 2 fully saturated rings. The molecular formula is C26H26F2N6O2. The first-order valence-corrected chi connectivity index (χ1v) is 12.1. The number of piperazine rings is 1. The van der Waals surface area contributed by atoms with Gasteiger partial charge in [0.2, 0.25) is 5.95 Å². The van der Waals surface area contributed by atoms with Gasteiger partial charge >= 0.3 is 0 Å². The van der Waals surface area contributed by atoms with Crippen LogP contribution in [0, 0.1) is 11.8 Å². The number of carbonyl (C=O) groups is 1. The highest BCUT2D eigenvalue weighted by Gasteiger charge is 2.29. The summed E-state index contributed by atoms with van der Waals surface area (Å²) in [4.78, 5) is 25.0. The van der Waals surface area contributed by atoms with Crippen LogP contribution in [0.5, 0.6) is 0 Å². The minimum Gasteiger partial charge on any atom is -0.382 e. The van der Waals surface area contributed by atoms with Gasteiger partial charge in [-0.1, -0.05) is 12.1 Å². The third kappa shape index (κ3) is 4.06. The van der Waals surface area contributed by atoms with Gasteiger partial charge in [0, 0.05) is 55.1 Å². The molecular weight excluding hydrogens is 466 g/mol. The first kappa shape index (κ1) is 22.8. The van der Waals surface area contributed by atoms with Crippen LogP contribution < -0.4 is 16.0 Å². The van der Waals surface area contributed by atoms with Crippen molar-refractivity contribution in [2.45, 2.75) is 12.5 Å². The number of anilines is 2. The molecule has 8 nitrogen and oxygen atoms in total. The van der Waals surface area contributed by atoms with Crippen LogP contribution in [0.15, 0.2) is 36.4 Å². The van der Waals surface area contributed by atoms with E-state index in [4.69, 9.17) is 10.5 Å². The van der Waals surface area contributed by atoms with E-state index in [0.29, 0.717) is 30.1 Å². The fourth-order valence-corrected chi connectivity index (χ4v) is 5.04. The second-order valence-electron chi connectivity index (χ2n) is 9.35. The maximum absolute atomic E-state index is 15.0. The van der Waals surface area contributed by atoms with Crippen molar-refractivity contribution in [3.8, 4) is 22.5 Å². The molecule has 0 unspecified atom stereocenters. The molecule has 1 aromatic heterocycles. The molecule has 3 N–H and O–H groups in total. The van der Waals surface area contributed by atoms with Crippen molar-refractivity contribution < 1.29 is 18.3 Å². The topological polar surface area (TPSA) is 96.6 Å². The van der Waals surface area contributed by atoms with Gasteiger partial charge in [0.1, 0.15) is 17.2 Å². The monoisotopic (exact) mass is 492 g/mol. The Morgan fingerprint density at radius 3 is 2.42 bits per heavy atom. The van der Waals surface area contributed by atoms with Crippen LogP contribution in [-0.4, -0.2) is 72.8 Å². The van der Waals surface area contributed by atoms with Crippen molar-refractivity contribution in [1.82, 2.24) is 20.2 Å². The van der Waals surface area contributed by atoms with E-state index in [2.05, 4.69) is 25.1 Å². The van der Waals surface area contributed by atoms with Gasteiger partial charge < -0.3 is 20.7 Å². The maximum atomic E-state index is 15.0. The summed E-state index contributed by atoms with van der Waals surface area (Å²) >= 11 is 0. The third-order valence-corrected chi connectivity index (χ3v) is 7.21. The number of hydrogen-bond acceptors (Lipinski definition) is 7. The Kier molecular flexibility index (Phi) is 5.77. The summed E-state index contributed by atoms with van der Waals surface area (Å²) in [6, 6.07) is 10.7.